The summed E-state index contributed by atoms with van der Waals surface area (Å²) in [5.74, 6) is 2.12. The number of hydrogen-bond acceptors (Lipinski definition) is 2. The van der Waals surface area contributed by atoms with Crippen molar-refractivity contribution in [3.63, 3.8) is 0 Å². The van der Waals surface area contributed by atoms with Crippen LogP contribution in [0.15, 0.2) is 29.3 Å². The Hall–Kier alpha value is -0.820. The van der Waals surface area contributed by atoms with E-state index in [0.717, 1.165) is 31.5 Å². The van der Waals surface area contributed by atoms with Gasteiger partial charge >= 0.3 is 0 Å². The van der Waals surface area contributed by atoms with Crippen LogP contribution < -0.4 is 10.6 Å². The van der Waals surface area contributed by atoms with E-state index >= 15 is 0 Å². The Morgan fingerprint density at radius 2 is 2.12 bits per heavy atom. The molecule has 1 heterocycles. The molecule has 2 unspecified atom stereocenters. The van der Waals surface area contributed by atoms with E-state index in [-0.39, 0.29) is 24.0 Å². The standard InChI is InChI=1S/C20H34N4.HI/c1-5-21-20(23-14-18-10-11-24(6-2)15-18)22-13-17(4)19-9-7-8-16(3)12-19;/h7-9,12,17-18H,5-6,10-11,13-15H2,1-4H3,(H2,21,22,23);1H. The molecule has 1 aromatic rings. The third-order valence-corrected chi connectivity index (χ3v) is 4.85. The minimum absolute atomic E-state index is 0. The van der Waals surface area contributed by atoms with Gasteiger partial charge in [0, 0.05) is 32.1 Å². The summed E-state index contributed by atoms with van der Waals surface area (Å²) < 4.78 is 0. The number of halogens is 1. The maximum absolute atomic E-state index is 4.80. The van der Waals surface area contributed by atoms with Crippen LogP contribution in [0.3, 0.4) is 0 Å². The first kappa shape index (κ1) is 22.2. The quantitative estimate of drug-likeness (QED) is 0.373. The van der Waals surface area contributed by atoms with Crippen molar-refractivity contribution in [3.05, 3.63) is 35.4 Å². The predicted molar refractivity (Wildman–Crippen MR) is 119 cm³/mol. The van der Waals surface area contributed by atoms with Gasteiger partial charge in [0.25, 0.3) is 0 Å². The van der Waals surface area contributed by atoms with Crippen molar-refractivity contribution in [2.24, 2.45) is 10.9 Å². The molecule has 1 aromatic carbocycles. The summed E-state index contributed by atoms with van der Waals surface area (Å²) in [6, 6.07) is 8.74. The Morgan fingerprint density at radius 1 is 1.32 bits per heavy atom. The third kappa shape index (κ3) is 7.52. The first-order valence-corrected chi connectivity index (χ1v) is 9.43. The number of likely N-dealkylation sites (tertiary alicyclic amines) is 1. The van der Waals surface area contributed by atoms with E-state index in [4.69, 9.17) is 4.99 Å². The lowest BCUT2D eigenvalue weighted by Gasteiger charge is -2.17. The minimum atomic E-state index is 0. The highest BCUT2D eigenvalue weighted by Crippen LogP contribution is 2.17. The van der Waals surface area contributed by atoms with Crippen LogP contribution in [0.5, 0.6) is 0 Å². The highest BCUT2D eigenvalue weighted by molar-refractivity contribution is 14.0. The fourth-order valence-electron chi connectivity index (χ4n) is 3.26. The van der Waals surface area contributed by atoms with Crippen LogP contribution in [0.4, 0.5) is 0 Å². The lowest BCUT2D eigenvalue weighted by molar-refractivity contribution is 0.342. The van der Waals surface area contributed by atoms with Gasteiger partial charge in [-0.05, 0) is 44.8 Å². The molecular formula is C20H35IN4. The van der Waals surface area contributed by atoms with Gasteiger partial charge in [0.05, 0.1) is 0 Å². The Balaban J connectivity index is 0.00000312. The van der Waals surface area contributed by atoms with Gasteiger partial charge in [-0.2, -0.15) is 0 Å². The van der Waals surface area contributed by atoms with Crippen molar-refractivity contribution >= 4 is 29.9 Å². The van der Waals surface area contributed by atoms with Gasteiger partial charge < -0.3 is 15.5 Å². The molecule has 0 bridgehead atoms. The molecule has 0 amide bonds. The normalized spacial score (nSPS) is 19.4. The van der Waals surface area contributed by atoms with Crippen LogP contribution in [0.1, 0.15) is 44.2 Å². The monoisotopic (exact) mass is 458 g/mol. The zero-order chi connectivity index (χ0) is 17.4. The molecule has 0 radical (unpaired) electrons. The number of hydrogen-bond donors (Lipinski definition) is 2. The lowest BCUT2D eigenvalue weighted by atomic mass is 10.00. The van der Waals surface area contributed by atoms with E-state index < -0.39 is 0 Å². The number of aryl methyl sites for hydroxylation is 1. The first-order chi connectivity index (χ1) is 11.6. The Labute approximate surface area is 170 Å². The number of nitrogens with one attached hydrogen (secondary N) is 2. The smallest absolute Gasteiger partial charge is 0.191 e. The second-order valence-electron chi connectivity index (χ2n) is 6.96. The Bertz CT molecular complexity index is 532. The number of guanidine groups is 1. The number of rotatable bonds is 7. The number of benzene rings is 1. The van der Waals surface area contributed by atoms with Crippen LogP contribution in [0, 0.1) is 12.8 Å². The fraction of sp³-hybridized carbons (Fsp3) is 0.650. The van der Waals surface area contributed by atoms with Gasteiger partial charge in [-0.1, -0.05) is 43.7 Å². The minimum Gasteiger partial charge on any atom is -0.357 e. The van der Waals surface area contributed by atoms with E-state index in [1.165, 1.54) is 37.2 Å². The fourth-order valence-corrected chi connectivity index (χ4v) is 3.26. The predicted octanol–water partition coefficient (Wildman–Crippen LogP) is 3.61. The molecule has 2 N–H and O–H groups in total. The highest BCUT2D eigenvalue weighted by atomic mass is 127. The second kappa shape index (κ2) is 11.7. The van der Waals surface area contributed by atoms with Gasteiger partial charge in [0.15, 0.2) is 5.96 Å². The van der Waals surface area contributed by atoms with Crippen molar-refractivity contribution in [2.45, 2.75) is 40.0 Å². The van der Waals surface area contributed by atoms with E-state index in [0.29, 0.717) is 5.92 Å². The third-order valence-electron chi connectivity index (χ3n) is 4.85. The molecule has 2 rings (SSSR count). The Kier molecular flexibility index (Phi) is 10.4. The summed E-state index contributed by atoms with van der Waals surface area (Å²) in [6.07, 6.45) is 1.29. The van der Waals surface area contributed by atoms with E-state index in [9.17, 15) is 0 Å². The van der Waals surface area contributed by atoms with E-state index in [1.54, 1.807) is 0 Å². The lowest BCUT2D eigenvalue weighted by Crippen LogP contribution is -2.40. The molecule has 1 saturated heterocycles. The summed E-state index contributed by atoms with van der Waals surface area (Å²) in [5.41, 5.74) is 2.68. The highest BCUT2D eigenvalue weighted by Gasteiger charge is 2.21. The molecular weight excluding hydrogens is 423 g/mol. The summed E-state index contributed by atoms with van der Waals surface area (Å²) in [7, 11) is 0. The van der Waals surface area contributed by atoms with Crippen LogP contribution in [-0.2, 0) is 0 Å². The SMILES string of the molecule is CCNC(=NCC(C)c1cccc(C)c1)NCC1CCN(CC)C1.I. The van der Waals surface area contributed by atoms with Crippen LogP contribution >= 0.6 is 24.0 Å². The molecule has 1 aliphatic rings. The molecule has 0 saturated carbocycles. The van der Waals surface area contributed by atoms with E-state index in [2.05, 4.69) is 67.5 Å². The summed E-state index contributed by atoms with van der Waals surface area (Å²) in [6.45, 7) is 15.1. The van der Waals surface area contributed by atoms with Crippen molar-refractivity contribution in [1.82, 2.24) is 15.5 Å². The van der Waals surface area contributed by atoms with Gasteiger partial charge in [-0.25, -0.2) is 0 Å². The summed E-state index contributed by atoms with van der Waals surface area (Å²) in [5, 5.41) is 6.91. The van der Waals surface area contributed by atoms with E-state index in [1.807, 2.05) is 0 Å². The summed E-state index contributed by atoms with van der Waals surface area (Å²) in [4.78, 5) is 7.32. The Morgan fingerprint density at radius 3 is 2.76 bits per heavy atom. The molecule has 4 nitrogen and oxygen atoms in total. The average Bonchev–Trinajstić information content (AvgIpc) is 3.05. The van der Waals surface area contributed by atoms with Crippen molar-refractivity contribution in [2.75, 3.05) is 39.3 Å². The molecule has 1 aliphatic heterocycles. The largest absolute Gasteiger partial charge is 0.357 e. The molecule has 142 valence electrons. The first-order valence-electron chi connectivity index (χ1n) is 9.43. The average molecular weight is 458 g/mol. The van der Waals surface area contributed by atoms with Crippen LogP contribution in [0.2, 0.25) is 0 Å². The zero-order valence-corrected chi connectivity index (χ0v) is 18.5. The molecule has 0 aromatic heterocycles. The molecule has 1 fully saturated rings. The molecule has 2 atom stereocenters. The zero-order valence-electron chi connectivity index (χ0n) is 16.2. The van der Waals surface area contributed by atoms with Gasteiger partial charge in [-0.3, -0.25) is 4.99 Å². The summed E-state index contributed by atoms with van der Waals surface area (Å²) >= 11 is 0. The van der Waals surface area contributed by atoms with Crippen molar-refractivity contribution in [1.29, 1.82) is 0 Å². The molecule has 0 aliphatic carbocycles. The topological polar surface area (TPSA) is 39.7 Å². The van der Waals surface area contributed by atoms with Crippen LogP contribution in [0.25, 0.3) is 0 Å². The van der Waals surface area contributed by atoms with Gasteiger partial charge in [0.2, 0.25) is 0 Å². The molecule has 25 heavy (non-hydrogen) atoms. The molecule has 5 heteroatoms. The van der Waals surface area contributed by atoms with Gasteiger partial charge in [0.1, 0.15) is 0 Å². The maximum atomic E-state index is 4.80. The van der Waals surface area contributed by atoms with Crippen LogP contribution in [-0.4, -0.2) is 50.1 Å². The van der Waals surface area contributed by atoms with Gasteiger partial charge in [-0.15, -0.1) is 24.0 Å². The maximum Gasteiger partial charge on any atom is 0.191 e. The second-order valence-corrected chi connectivity index (χ2v) is 6.96. The van der Waals surface area contributed by atoms with Crippen molar-refractivity contribution < 1.29 is 0 Å². The number of nitrogens with zero attached hydrogens (tertiary/aromatic N) is 2. The van der Waals surface area contributed by atoms with Crippen molar-refractivity contribution in [3.8, 4) is 0 Å². The molecule has 0 spiro atoms. The number of aliphatic imine (C=N–C) groups is 1.